The minimum Gasteiger partial charge on any atom is -0.356 e. The number of rotatable bonds is 5. The van der Waals surface area contributed by atoms with Gasteiger partial charge >= 0.3 is 0 Å². The maximum Gasteiger partial charge on any atom is 0.152 e. The number of nitrogens with one attached hydrogen (secondary N) is 1. The Bertz CT molecular complexity index is 530. The van der Waals surface area contributed by atoms with Crippen molar-refractivity contribution in [3.63, 3.8) is 0 Å². The van der Waals surface area contributed by atoms with Gasteiger partial charge in [0.05, 0.1) is 17.2 Å². The van der Waals surface area contributed by atoms with E-state index >= 15 is 0 Å². The highest BCUT2D eigenvalue weighted by atomic mass is 32.2. The number of sulfone groups is 1. The van der Waals surface area contributed by atoms with Crippen molar-refractivity contribution in [2.45, 2.75) is 25.9 Å². The molecule has 1 atom stereocenters. The summed E-state index contributed by atoms with van der Waals surface area (Å²) in [5.74, 6) is 1.37. The summed E-state index contributed by atoms with van der Waals surface area (Å²) < 4.78 is 23.1. The third-order valence-electron chi connectivity index (χ3n) is 3.47. The predicted molar refractivity (Wildman–Crippen MR) is 77.1 cm³/mol. The molecule has 1 unspecified atom stereocenters. The van der Waals surface area contributed by atoms with Crippen LogP contribution in [0.3, 0.4) is 0 Å². The van der Waals surface area contributed by atoms with Gasteiger partial charge in [-0.05, 0) is 25.1 Å². The number of aromatic nitrogens is 1. The van der Waals surface area contributed by atoms with Crippen LogP contribution in [-0.2, 0) is 16.4 Å². The summed E-state index contributed by atoms with van der Waals surface area (Å²) in [5, 5.41) is 3.24. The lowest BCUT2D eigenvalue weighted by Gasteiger charge is -2.24. The Hall–Kier alpha value is -1.14. The fraction of sp³-hybridized carbons (Fsp3) is 0.615. The zero-order chi connectivity index (χ0) is 13.9. The number of pyridine rings is 1. The monoisotopic (exact) mass is 283 g/mol. The number of anilines is 1. The summed E-state index contributed by atoms with van der Waals surface area (Å²) >= 11 is 0. The van der Waals surface area contributed by atoms with Crippen LogP contribution in [-0.4, -0.2) is 44.5 Å². The Morgan fingerprint density at radius 2 is 2.26 bits per heavy atom. The lowest BCUT2D eigenvalue weighted by molar-refractivity contribution is 0.600. The minimum atomic E-state index is -2.85. The van der Waals surface area contributed by atoms with Crippen LogP contribution in [0.2, 0.25) is 0 Å². The third kappa shape index (κ3) is 3.67. The van der Waals surface area contributed by atoms with Crippen molar-refractivity contribution in [2.75, 3.05) is 30.0 Å². The van der Waals surface area contributed by atoms with Crippen molar-refractivity contribution in [1.82, 2.24) is 10.3 Å². The maximum absolute atomic E-state index is 11.5. The van der Waals surface area contributed by atoms with Crippen molar-refractivity contribution in [2.24, 2.45) is 0 Å². The van der Waals surface area contributed by atoms with E-state index in [-0.39, 0.29) is 11.8 Å². The van der Waals surface area contributed by atoms with Crippen LogP contribution in [0.15, 0.2) is 18.2 Å². The van der Waals surface area contributed by atoms with Gasteiger partial charge < -0.3 is 10.2 Å². The molecule has 6 heteroatoms. The molecule has 1 N–H and O–H groups in total. The molecule has 2 rings (SSSR count). The Kier molecular flexibility index (Phi) is 4.42. The van der Waals surface area contributed by atoms with Crippen molar-refractivity contribution >= 4 is 15.7 Å². The molecule has 1 fully saturated rings. The minimum absolute atomic E-state index is 0.0480. The van der Waals surface area contributed by atoms with Gasteiger partial charge in [-0.2, -0.15) is 0 Å². The molecule has 19 heavy (non-hydrogen) atoms. The van der Waals surface area contributed by atoms with Crippen LogP contribution in [0.5, 0.6) is 0 Å². The van der Waals surface area contributed by atoms with Crippen LogP contribution in [0.1, 0.15) is 19.0 Å². The Morgan fingerprint density at radius 1 is 1.47 bits per heavy atom. The largest absolute Gasteiger partial charge is 0.356 e. The summed E-state index contributed by atoms with van der Waals surface area (Å²) in [6, 6.07) is 5.92. The normalized spacial score (nSPS) is 21.5. The molecule has 0 radical (unpaired) electrons. The average Bonchev–Trinajstić information content (AvgIpc) is 2.76. The highest BCUT2D eigenvalue weighted by Gasteiger charge is 2.31. The first kappa shape index (κ1) is 14.3. The van der Waals surface area contributed by atoms with Crippen LogP contribution in [0.4, 0.5) is 5.82 Å². The van der Waals surface area contributed by atoms with E-state index in [0.29, 0.717) is 12.2 Å². The quantitative estimate of drug-likeness (QED) is 0.866. The van der Waals surface area contributed by atoms with E-state index in [1.807, 2.05) is 30.1 Å². The van der Waals surface area contributed by atoms with Gasteiger partial charge in [0.15, 0.2) is 9.84 Å². The Balaban J connectivity index is 2.08. The summed E-state index contributed by atoms with van der Waals surface area (Å²) in [4.78, 5) is 6.56. The standard InChI is InChI=1S/C13H21N3O2S/c1-3-14-9-11-5-4-6-13(15-11)16(2)12-7-8-19(17,18)10-12/h4-6,12,14H,3,7-10H2,1-2H3. The Morgan fingerprint density at radius 3 is 2.89 bits per heavy atom. The predicted octanol–water partition coefficient (Wildman–Crippen LogP) is 0.814. The molecule has 0 aliphatic carbocycles. The van der Waals surface area contributed by atoms with Gasteiger partial charge in [-0.15, -0.1) is 0 Å². The topological polar surface area (TPSA) is 62.3 Å². The molecule has 0 amide bonds. The van der Waals surface area contributed by atoms with Gasteiger partial charge in [-0.3, -0.25) is 0 Å². The lowest BCUT2D eigenvalue weighted by Crippen LogP contribution is -2.33. The molecular weight excluding hydrogens is 262 g/mol. The van der Waals surface area contributed by atoms with E-state index in [1.165, 1.54) is 0 Å². The molecule has 106 valence electrons. The van der Waals surface area contributed by atoms with Gasteiger partial charge in [-0.1, -0.05) is 13.0 Å². The van der Waals surface area contributed by atoms with E-state index in [0.717, 1.165) is 24.6 Å². The first-order chi connectivity index (χ1) is 9.02. The molecule has 1 aliphatic rings. The zero-order valence-corrected chi connectivity index (χ0v) is 12.3. The summed E-state index contributed by atoms with van der Waals surface area (Å²) in [7, 11) is -0.933. The van der Waals surface area contributed by atoms with Crippen LogP contribution in [0, 0.1) is 0 Å². The Labute approximate surface area is 114 Å². The maximum atomic E-state index is 11.5. The molecule has 2 heterocycles. The van der Waals surface area contributed by atoms with E-state index < -0.39 is 9.84 Å². The van der Waals surface area contributed by atoms with Crippen LogP contribution in [0.25, 0.3) is 0 Å². The molecule has 1 aliphatic heterocycles. The highest BCUT2D eigenvalue weighted by Crippen LogP contribution is 2.21. The first-order valence-corrected chi connectivity index (χ1v) is 8.44. The van der Waals surface area contributed by atoms with Crippen molar-refractivity contribution < 1.29 is 8.42 Å². The second-order valence-corrected chi connectivity index (χ2v) is 7.16. The van der Waals surface area contributed by atoms with Crippen LogP contribution >= 0.6 is 0 Å². The SMILES string of the molecule is CCNCc1cccc(N(C)C2CCS(=O)(=O)C2)n1. The summed E-state index contributed by atoms with van der Waals surface area (Å²) in [5.41, 5.74) is 0.979. The zero-order valence-electron chi connectivity index (χ0n) is 11.5. The van der Waals surface area contributed by atoms with Crippen LogP contribution < -0.4 is 10.2 Å². The molecule has 5 nitrogen and oxygen atoms in total. The van der Waals surface area contributed by atoms with Gasteiger partial charge in [-0.25, -0.2) is 13.4 Å². The van der Waals surface area contributed by atoms with E-state index in [9.17, 15) is 8.42 Å². The first-order valence-electron chi connectivity index (χ1n) is 6.62. The molecule has 1 saturated heterocycles. The van der Waals surface area contributed by atoms with Crippen molar-refractivity contribution in [1.29, 1.82) is 0 Å². The van der Waals surface area contributed by atoms with Gasteiger partial charge in [0.2, 0.25) is 0 Å². The van der Waals surface area contributed by atoms with Gasteiger partial charge in [0.1, 0.15) is 5.82 Å². The van der Waals surface area contributed by atoms with E-state index in [1.54, 1.807) is 0 Å². The van der Waals surface area contributed by atoms with E-state index in [2.05, 4.69) is 17.2 Å². The molecule has 1 aromatic heterocycles. The number of hydrogen-bond acceptors (Lipinski definition) is 5. The van der Waals surface area contributed by atoms with Crippen molar-refractivity contribution in [3.8, 4) is 0 Å². The highest BCUT2D eigenvalue weighted by molar-refractivity contribution is 7.91. The molecule has 0 spiro atoms. The fourth-order valence-electron chi connectivity index (χ4n) is 2.28. The molecule has 0 bridgehead atoms. The fourth-order valence-corrected chi connectivity index (χ4v) is 4.06. The smallest absolute Gasteiger partial charge is 0.152 e. The summed E-state index contributed by atoms with van der Waals surface area (Å²) in [6.07, 6.45) is 0.692. The van der Waals surface area contributed by atoms with Gasteiger partial charge in [0, 0.05) is 19.6 Å². The van der Waals surface area contributed by atoms with Crippen molar-refractivity contribution in [3.05, 3.63) is 23.9 Å². The van der Waals surface area contributed by atoms with Gasteiger partial charge in [0.25, 0.3) is 0 Å². The second-order valence-electron chi connectivity index (χ2n) is 4.94. The molecule has 0 saturated carbocycles. The molecule has 0 aromatic carbocycles. The summed E-state index contributed by atoms with van der Waals surface area (Å²) in [6.45, 7) is 3.70. The third-order valence-corrected chi connectivity index (χ3v) is 5.22. The average molecular weight is 283 g/mol. The second kappa shape index (κ2) is 5.88. The van der Waals surface area contributed by atoms with E-state index in [4.69, 9.17) is 0 Å². The number of nitrogens with zero attached hydrogens (tertiary/aromatic N) is 2. The molecular formula is C13H21N3O2S. The number of hydrogen-bond donors (Lipinski definition) is 1. The molecule has 1 aromatic rings. The lowest BCUT2D eigenvalue weighted by atomic mass is 10.2.